The third kappa shape index (κ3) is 3.31. The fraction of sp³-hybridized carbons (Fsp3) is 0.250. The van der Waals surface area contributed by atoms with Crippen molar-refractivity contribution in [2.24, 2.45) is 5.73 Å². The van der Waals surface area contributed by atoms with Gasteiger partial charge >= 0.3 is 0 Å². The lowest BCUT2D eigenvalue weighted by Crippen LogP contribution is -2.14. The van der Waals surface area contributed by atoms with Crippen molar-refractivity contribution >= 4 is 15.9 Å². The number of rotatable bonds is 5. The van der Waals surface area contributed by atoms with Crippen LogP contribution in [0.5, 0.6) is 5.75 Å². The van der Waals surface area contributed by atoms with E-state index < -0.39 is 0 Å². The van der Waals surface area contributed by atoms with E-state index in [4.69, 9.17) is 10.5 Å². The van der Waals surface area contributed by atoms with Crippen LogP contribution < -0.4 is 10.5 Å². The highest BCUT2D eigenvalue weighted by atomic mass is 79.9. The van der Waals surface area contributed by atoms with E-state index >= 15 is 0 Å². The third-order valence-corrected chi connectivity index (χ3v) is 2.93. The average Bonchev–Trinajstić information content (AvgIpc) is 2.79. The van der Waals surface area contributed by atoms with Crippen LogP contribution in [0.1, 0.15) is 5.69 Å². The minimum atomic E-state index is 0.498. The zero-order valence-corrected chi connectivity index (χ0v) is 10.9. The highest BCUT2D eigenvalue weighted by Gasteiger charge is 2.00. The number of benzene rings is 1. The Hall–Kier alpha value is -1.33. The van der Waals surface area contributed by atoms with Crippen LogP contribution in [0.3, 0.4) is 0 Å². The topological polar surface area (TPSA) is 53.1 Å². The molecular formula is C12H14BrN3O. The van der Waals surface area contributed by atoms with Crippen molar-refractivity contribution in [1.82, 2.24) is 9.78 Å². The first-order chi connectivity index (χ1) is 8.29. The van der Waals surface area contributed by atoms with Gasteiger partial charge in [-0.05, 0) is 30.3 Å². The predicted octanol–water partition coefficient (Wildman–Crippen LogP) is 2.18. The summed E-state index contributed by atoms with van der Waals surface area (Å²) in [4.78, 5) is 0. The standard InChI is InChI=1S/C12H14BrN3O/c13-10-1-3-12(4-2-10)17-8-7-16-11(9-14)5-6-15-16/h1-6H,7-9,14H2. The van der Waals surface area contributed by atoms with Crippen molar-refractivity contribution in [3.63, 3.8) is 0 Å². The molecule has 0 spiro atoms. The molecule has 5 heteroatoms. The predicted molar refractivity (Wildman–Crippen MR) is 69.8 cm³/mol. The number of halogens is 1. The Morgan fingerprint density at radius 2 is 2.00 bits per heavy atom. The van der Waals surface area contributed by atoms with Crippen molar-refractivity contribution < 1.29 is 4.74 Å². The Kier molecular flexibility index (Phi) is 4.17. The first-order valence-corrected chi connectivity index (χ1v) is 6.18. The van der Waals surface area contributed by atoms with Gasteiger partial charge in [-0.2, -0.15) is 5.10 Å². The van der Waals surface area contributed by atoms with Gasteiger partial charge in [0.15, 0.2) is 0 Å². The maximum Gasteiger partial charge on any atom is 0.119 e. The summed E-state index contributed by atoms with van der Waals surface area (Å²) >= 11 is 3.38. The van der Waals surface area contributed by atoms with E-state index in [9.17, 15) is 0 Å². The Balaban J connectivity index is 1.85. The number of ether oxygens (including phenoxy) is 1. The molecule has 90 valence electrons. The zero-order chi connectivity index (χ0) is 12.1. The number of aromatic nitrogens is 2. The monoisotopic (exact) mass is 295 g/mol. The van der Waals surface area contributed by atoms with Crippen LogP contribution in [-0.4, -0.2) is 16.4 Å². The van der Waals surface area contributed by atoms with E-state index in [1.54, 1.807) is 6.20 Å². The molecule has 2 rings (SSSR count). The fourth-order valence-corrected chi connectivity index (χ4v) is 1.78. The summed E-state index contributed by atoms with van der Waals surface area (Å²) in [5.74, 6) is 0.856. The van der Waals surface area contributed by atoms with E-state index in [1.165, 1.54) is 0 Å². The van der Waals surface area contributed by atoms with Crippen LogP contribution in [0.4, 0.5) is 0 Å². The summed E-state index contributed by atoms with van der Waals surface area (Å²) in [6.45, 7) is 1.78. The second-order valence-electron chi connectivity index (χ2n) is 3.55. The molecule has 0 saturated carbocycles. The molecule has 0 bridgehead atoms. The molecule has 0 saturated heterocycles. The summed E-state index contributed by atoms with van der Waals surface area (Å²) in [5, 5.41) is 4.18. The highest BCUT2D eigenvalue weighted by molar-refractivity contribution is 9.10. The molecule has 0 fully saturated rings. The molecule has 2 N–H and O–H groups in total. The smallest absolute Gasteiger partial charge is 0.119 e. The van der Waals surface area contributed by atoms with E-state index in [0.717, 1.165) is 15.9 Å². The van der Waals surface area contributed by atoms with Gasteiger partial charge in [0.05, 0.1) is 12.2 Å². The number of hydrogen-bond acceptors (Lipinski definition) is 3. The minimum absolute atomic E-state index is 0.498. The summed E-state index contributed by atoms with van der Waals surface area (Å²) < 4.78 is 8.52. The quantitative estimate of drug-likeness (QED) is 0.920. The second-order valence-corrected chi connectivity index (χ2v) is 4.47. The summed E-state index contributed by atoms with van der Waals surface area (Å²) in [6.07, 6.45) is 1.75. The molecule has 0 amide bonds. The maximum atomic E-state index is 5.61. The summed E-state index contributed by atoms with van der Waals surface area (Å²) in [5.41, 5.74) is 6.61. The Labute approximate surface area is 109 Å². The van der Waals surface area contributed by atoms with E-state index in [1.807, 2.05) is 35.0 Å². The number of nitrogens with zero attached hydrogens (tertiary/aromatic N) is 2. The van der Waals surface area contributed by atoms with Gasteiger partial charge in [-0.15, -0.1) is 0 Å². The maximum absolute atomic E-state index is 5.61. The molecule has 0 radical (unpaired) electrons. The Morgan fingerprint density at radius 3 is 2.71 bits per heavy atom. The first kappa shape index (κ1) is 12.1. The van der Waals surface area contributed by atoms with Crippen LogP contribution in [0.15, 0.2) is 41.0 Å². The van der Waals surface area contributed by atoms with E-state index in [2.05, 4.69) is 21.0 Å². The molecule has 0 unspecified atom stereocenters. The molecule has 0 atom stereocenters. The summed E-state index contributed by atoms with van der Waals surface area (Å²) in [6, 6.07) is 9.68. The van der Waals surface area contributed by atoms with Crippen LogP contribution >= 0.6 is 15.9 Å². The summed E-state index contributed by atoms with van der Waals surface area (Å²) in [7, 11) is 0. The van der Waals surface area contributed by atoms with Gasteiger partial charge in [-0.3, -0.25) is 4.68 Å². The van der Waals surface area contributed by atoms with Crippen LogP contribution in [0.25, 0.3) is 0 Å². The molecule has 1 aromatic carbocycles. The molecular weight excluding hydrogens is 282 g/mol. The number of hydrogen-bond donors (Lipinski definition) is 1. The molecule has 1 aromatic heterocycles. The lowest BCUT2D eigenvalue weighted by molar-refractivity contribution is 0.289. The average molecular weight is 296 g/mol. The van der Waals surface area contributed by atoms with Crippen molar-refractivity contribution in [2.45, 2.75) is 13.1 Å². The van der Waals surface area contributed by atoms with Crippen molar-refractivity contribution in [3.05, 3.63) is 46.7 Å². The third-order valence-electron chi connectivity index (χ3n) is 2.40. The molecule has 1 heterocycles. The van der Waals surface area contributed by atoms with Gasteiger partial charge in [-0.1, -0.05) is 15.9 Å². The molecule has 4 nitrogen and oxygen atoms in total. The highest BCUT2D eigenvalue weighted by Crippen LogP contribution is 2.16. The van der Waals surface area contributed by atoms with Crippen LogP contribution in [0, 0.1) is 0 Å². The molecule has 0 aliphatic carbocycles. The minimum Gasteiger partial charge on any atom is -0.492 e. The largest absolute Gasteiger partial charge is 0.492 e. The van der Waals surface area contributed by atoms with Crippen molar-refractivity contribution in [3.8, 4) is 5.75 Å². The van der Waals surface area contributed by atoms with Crippen LogP contribution in [-0.2, 0) is 13.1 Å². The van der Waals surface area contributed by atoms with E-state index in [-0.39, 0.29) is 0 Å². The lowest BCUT2D eigenvalue weighted by Gasteiger charge is -2.08. The molecule has 17 heavy (non-hydrogen) atoms. The van der Waals surface area contributed by atoms with E-state index in [0.29, 0.717) is 19.7 Å². The normalized spacial score (nSPS) is 10.5. The number of nitrogens with two attached hydrogens (primary N) is 1. The van der Waals surface area contributed by atoms with Gasteiger partial charge in [-0.25, -0.2) is 0 Å². The second kappa shape index (κ2) is 5.84. The van der Waals surface area contributed by atoms with Gasteiger partial charge < -0.3 is 10.5 Å². The molecule has 0 aliphatic heterocycles. The fourth-order valence-electron chi connectivity index (χ4n) is 1.52. The van der Waals surface area contributed by atoms with Gasteiger partial charge in [0.1, 0.15) is 12.4 Å². The SMILES string of the molecule is NCc1ccnn1CCOc1ccc(Br)cc1. The Morgan fingerprint density at radius 1 is 1.24 bits per heavy atom. The van der Waals surface area contributed by atoms with Gasteiger partial charge in [0.2, 0.25) is 0 Å². The van der Waals surface area contributed by atoms with Crippen molar-refractivity contribution in [2.75, 3.05) is 6.61 Å². The van der Waals surface area contributed by atoms with Crippen molar-refractivity contribution in [1.29, 1.82) is 0 Å². The zero-order valence-electron chi connectivity index (χ0n) is 9.34. The van der Waals surface area contributed by atoms with Crippen LogP contribution in [0.2, 0.25) is 0 Å². The molecule has 2 aromatic rings. The lowest BCUT2D eigenvalue weighted by atomic mass is 10.3. The first-order valence-electron chi connectivity index (χ1n) is 5.38. The van der Waals surface area contributed by atoms with Gasteiger partial charge in [0.25, 0.3) is 0 Å². The van der Waals surface area contributed by atoms with Gasteiger partial charge in [0, 0.05) is 17.2 Å². The molecule has 0 aliphatic rings. The Bertz CT molecular complexity index is 467.